The van der Waals surface area contributed by atoms with Gasteiger partial charge in [-0.3, -0.25) is 14.9 Å². The van der Waals surface area contributed by atoms with Gasteiger partial charge in [-0.25, -0.2) is 0 Å². The van der Waals surface area contributed by atoms with Crippen LogP contribution in [0, 0.1) is 10.1 Å². The third-order valence-electron chi connectivity index (χ3n) is 6.44. The molecule has 2 heterocycles. The molecule has 160 valence electrons. The maximum atomic E-state index is 13.9. The number of ether oxygens (including phenoxy) is 1. The summed E-state index contributed by atoms with van der Waals surface area (Å²) in [5.41, 5.74) is 3.09. The van der Waals surface area contributed by atoms with Crippen LogP contribution in [0.15, 0.2) is 84.9 Å². The van der Waals surface area contributed by atoms with E-state index in [-0.39, 0.29) is 10.7 Å². The van der Waals surface area contributed by atoms with Crippen molar-refractivity contribution in [2.75, 3.05) is 12.0 Å². The summed E-state index contributed by atoms with van der Waals surface area (Å²) >= 11 is 0. The third kappa shape index (κ3) is 3.15. The molecule has 1 saturated heterocycles. The molecule has 32 heavy (non-hydrogen) atoms. The summed E-state index contributed by atoms with van der Waals surface area (Å²) in [5.74, 6) is -0.0754. The van der Waals surface area contributed by atoms with E-state index in [9.17, 15) is 14.9 Å². The van der Waals surface area contributed by atoms with E-state index >= 15 is 0 Å². The zero-order valence-electron chi connectivity index (χ0n) is 17.5. The number of nitrogens with zero attached hydrogens (tertiary/aromatic N) is 2. The third-order valence-corrected chi connectivity index (χ3v) is 6.44. The van der Waals surface area contributed by atoms with Crippen LogP contribution in [-0.2, 0) is 0 Å². The highest BCUT2D eigenvalue weighted by Gasteiger charge is 2.58. The van der Waals surface area contributed by atoms with Gasteiger partial charge in [0.15, 0.2) is 5.78 Å². The fourth-order valence-electron chi connectivity index (χ4n) is 5.03. The first-order chi connectivity index (χ1) is 15.6. The van der Waals surface area contributed by atoms with Crippen molar-refractivity contribution >= 4 is 17.5 Å². The molecular weight excluding hydrogens is 404 g/mol. The lowest BCUT2D eigenvalue weighted by molar-refractivity contribution is -0.524. The largest absolute Gasteiger partial charge is 0.497 e. The highest BCUT2D eigenvalue weighted by molar-refractivity contribution is 6.04. The molecule has 0 saturated carbocycles. The van der Waals surface area contributed by atoms with Gasteiger partial charge in [-0.05, 0) is 29.3 Å². The Hall–Kier alpha value is -3.93. The predicted octanol–water partition coefficient (Wildman–Crippen LogP) is 4.59. The van der Waals surface area contributed by atoms with Crippen LogP contribution >= 0.6 is 0 Å². The SMILES string of the molecule is COc1ccc([C@H]2[C@@H]([N+](=O)[O-])[C@H]3C=Cc4ccccc4N3[C@H]2C(=O)c2ccccc2)cc1. The van der Waals surface area contributed by atoms with Crippen molar-refractivity contribution < 1.29 is 14.5 Å². The molecule has 6 heteroatoms. The molecule has 2 aliphatic heterocycles. The van der Waals surface area contributed by atoms with Crippen LogP contribution in [-0.4, -0.2) is 35.9 Å². The van der Waals surface area contributed by atoms with Gasteiger partial charge in [0.2, 0.25) is 6.04 Å². The first-order valence-corrected chi connectivity index (χ1v) is 10.5. The van der Waals surface area contributed by atoms with Gasteiger partial charge in [0, 0.05) is 16.2 Å². The average Bonchev–Trinajstić information content (AvgIpc) is 3.20. The van der Waals surface area contributed by atoms with Crippen molar-refractivity contribution in [2.45, 2.75) is 24.0 Å². The van der Waals surface area contributed by atoms with Crippen molar-refractivity contribution in [2.24, 2.45) is 0 Å². The standard InChI is InChI=1S/C26H22N2O4/c1-32-20-14-11-18(12-15-20)23-24(28(30)31)22-16-13-17-7-5-6-10-21(17)27(22)25(23)26(29)19-8-3-2-4-9-19/h2-16,22-25H,1H3/t22-,23+,24+,25-/m1/s1. The van der Waals surface area contributed by atoms with Crippen molar-refractivity contribution in [1.82, 2.24) is 0 Å². The zero-order chi connectivity index (χ0) is 22.2. The van der Waals surface area contributed by atoms with Gasteiger partial charge in [-0.1, -0.05) is 72.8 Å². The van der Waals surface area contributed by atoms with Gasteiger partial charge in [0.1, 0.15) is 17.8 Å². The minimum Gasteiger partial charge on any atom is -0.497 e. The Balaban J connectivity index is 1.71. The molecule has 0 amide bonds. The van der Waals surface area contributed by atoms with Crippen LogP contribution < -0.4 is 9.64 Å². The van der Waals surface area contributed by atoms with Gasteiger partial charge in [0.25, 0.3) is 0 Å². The number of para-hydroxylation sites is 1. The number of fused-ring (bicyclic) bond motifs is 3. The molecule has 2 aliphatic rings. The molecule has 3 aromatic carbocycles. The fourth-order valence-corrected chi connectivity index (χ4v) is 5.03. The van der Waals surface area contributed by atoms with E-state index in [1.165, 1.54) is 0 Å². The minimum absolute atomic E-state index is 0.120. The molecule has 4 atom stereocenters. The van der Waals surface area contributed by atoms with Gasteiger partial charge in [0.05, 0.1) is 13.0 Å². The number of carbonyl (C=O) groups excluding carboxylic acids is 1. The quantitative estimate of drug-likeness (QED) is 0.339. The van der Waals surface area contributed by atoms with Crippen LogP contribution in [0.3, 0.4) is 0 Å². The van der Waals surface area contributed by atoms with E-state index in [0.717, 1.165) is 16.8 Å². The smallest absolute Gasteiger partial charge is 0.245 e. The lowest BCUT2D eigenvalue weighted by atomic mass is 9.83. The molecule has 0 bridgehead atoms. The number of hydrogen-bond acceptors (Lipinski definition) is 5. The number of methoxy groups -OCH3 is 1. The summed E-state index contributed by atoms with van der Waals surface area (Å²) in [6.45, 7) is 0. The lowest BCUT2D eigenvalue weighted by Gasteiger charge is -2.34. The summed E-state index contributed by atoms with van der Waals surface area (Å²) in [4.78, 5) is 28.0. The Morgan fingerprint density at radius 2 is 1.66 bits per heavy atom. The lowest BCUT2D eigenvalue weighted by Crippen LogP contribution is -2.44. The summed E-state index contributed by atoms with van der Waals surface area (Å²) in [6.07, 6.45) is 3.79. The van der Waals surface area contributed by atoms with Crippen LogP contribution in [0.1, 0.15) is 27.4 Å². The highest BCUT2D eigenvalue weighted by Crippen LogP contribution is 2.47. The number of anilines is 1. The van der Waals surface area contributed by atoms with Crippen molar-refractivity contribution in [3.8, 4) is 5.75 Å². The Morgan fingerprint density at radius 1 is 0.969 bits per heavy atom. The normalized spacial score (nSPS) is 23.3. The Kier molecular flexibility index (Phi) is 4.98. The van der Waals surface area contributed by atoms with E-state index in [4.69, 9.17) is 4.74 Å². The highest BCUT2D eigenvalue weighted by atomic mass is 16.6. The molecule has 0 unspecified atom stereocenters. The van der Waals surface area contributed by atoms with E-state index in [1.54, 1.807) is 31.4 Å². The average molecular weight is 426 g/mol. The van der Waals surface area contributed by atoms with Crippen molar-refractivity contribution in [3.63, 3.8) is 0 Å². The Bertz CT molecular complexity index is 1190. The first-order valence-electron chi connectivity index (χ1n) is 10.5. The zero-order valence-corrected chi connectivity index (χ0v) is 17.5. The molecule has 0 aromatic heterocycles. The van der Waals surface area contributed by atoms with Crippen LogP contribution in [0.2, 0.25) is 0 Å². The number of hydrogen-bond donors (Lipinski definition) is 0. The van der Waals surface area contributed by atoms with Gasteiger partial charge in [-0.2, -0.15) is 0 Å². The van der Waals surface area contributed by atoms with E-state index < -0.39 is 24.0 Å². The monoisotopic (exact) mass is 426 g/mol. The number of benzene rings is 3. The molecule has 5 rings (SSSR count). The Morgan fingerprint density at radius 3 is 2.34 bits per heavy atom. The van der Waals surface area contributed by atoms with E-state index in [1.807, 2.05) is 71.6 Å². The summed E-state index contributed by atoms with van der Waals surface area (Å²) in [6, 6.07) is 21.8. The van der Waals surface area contributed by atoms with Crippen molar-refractivity contribution in [3.05, 3.63) is 112 Å². The van der Waals surface area contributed by atoms with Gasteiger partial charge < -0.3 is 9.64 Å². The summed E-state index contributed by atoms with van der Waals surface area (Å²) in [5, 5.41) is 12.4. The maximum Gasteiger partial charge on any atom is 0.245 e. The summed E-state index contributed by atoms with van der Waals surface area (Å²) in [7, 11) is 1.58. The molecule has 3 aromatic rings. The number of nitro groups is 1. The predicted molar refractivity (Wildman–Crippen MR) is 123 cm³/mol. The number of rotatable bonds is 5. The van der Waals surface area contributed by atoms with E-state index in [0.29, 0.717) is 11.3 Å². The molecule has 0 radical (unpaired) electrons. The van der Waals surface area contributed by atoms with Crippen LogP contribution in [0.5, 0.6) is 5.75 Å². The van der Waals surface area contributed by atoms with Gasteiger partial charge >= 0.3 is 0 Å². The van der Waals surface area contributed by atoms with Gasteiger partial charge in [-0.15, -0.1) is 0 Å². The second kappa shape index (κ2) is 7.96. The number of Topliss-reactive ketones (excluding diaryl/α,β-unsaturated/α-hetero) is 1. The maximum absolute atomic E-state index is 13.9. The molecule has 0 N–H and O–H groups in total. The minimum atomic E-state index is -0.967. The number of carbonyl (C=O) groups is 1. The molecule has 0 spiro atoms. The Labute approximate surface area is 185 Å². The topological polar surface area (TPSA) is 72.7 Å². The second-order valence-corrected chi connectivity index (χ2v) is 8.07. The molecule has 0 aliphatic carbocycles. The van der Waals surface area contributed by atoms with Crippen LogP contribution in [0.25, 0.3) is 6.08 Å². The van der Waals surface area contributed by atoms with E-state index in [2.05, 4.69) is 0 Å². The first kappa shape index (κ1) is 20.0. The molecular formula is C26H22N2O4. The summed E-state index contributed by atoms with van der Waals surface area (Å²) < 4.78 is 5.27. The molecule has 1 fully saturated rings. The fraction of sp³-hybridized carbons (Fsp3) is 0.192. The number of ketones is 1. The van der Waals surface area contributed by atoms with Crippen molar-refractivity contribution in [1.29, 1.82) is 0 Å². The second-order valence-electron chi connectivity index (χ2n) is 8.07. The molecule has 6 nitrogen and oxygen atoms in total. The van der Waals surface area contributed by atoms with Crippen LogP contribution in [0.4, 0.5) is 5.69 Å².